The van der Waals surface area contributed by atoms with Crippen LogP contribution in [0.25, 0.3) is 0 Å². The molecule has 0 saturated heterocycles. The summed E-state index contributed by atoms with van der Waals surface area (Å²) in [4.78, 5) is 25.1. The van der Waals surface area contributed by atoms with Gasteiger partial charge < -0.3 is 9.47 Å². The highest BCUT2D eigenvalue weighted by Gasteiger charge is 2.23. The topological polar surface area (TPSA) is 68.2 Å². The lowest BCUT2D eigenvalue weighted by Gasteiger charge is -2.13. The van der Waals surface area contributed by atoms with Crippen LogP contribution in [0.15, 0.2) is 90.0 Å². The van der Waals surface area contributed by atoms with E-state index in [9.17, 15) is 9.59 Å². The number of rotatable bonds is 7. The predicted octanol–water partition coefficient (Wildman–Crippen LogP) is 4.06. The number of ether oxygens (including phenoxy) is 2. The minimum Gasteiger partial charge on any atom is -0.489 e. The standard InChI is InChI=1S/C25H22N2O4/c28-24(27-16-15-23(26-27)19-9-3-1-4-10-19)18-31-25(29)22-14-8-7-11-20(22)17-30-21-12-5-2-6-13-21/h1-14H,15-18H2. The molecular formula is C25H22N2O4. The lowest BCUT2D eigenvalue weighted by Crippen LogP contribution is -2.29. The second-order valence-electron chi connectivity index (χ2n) is 7.01. The van der Waals surface area contributed by atoms with E-state index in [1.807, 2.05) is 66.7 Å². The molecule has 0 bridgehead atoms. The molecule has 3 aromatic rings. The largest absolute Gasteiger partial charge is 0.489 e. The van der Waals surface area contributed by atoms with Crippen LogP contribution in [0.4, 0.5) is 0 Å². The van der Waals surface area contributed by atoms with Gasteiger partial charge in [0.05, 0.1) is 17.8 Å². The van der Waals surface area contributed by atoms with E-state index in [1.165, 1.54) is 5.01 Å². The van der Waals surface area contributed by atoms with Crippen molar-refractivity contribution in [1.82, 2.24) is 5.01 Å². The maximum atomic E-state index is 12.6. The number of hydrogen-bond acceptors (Lipinski definition) is 5. The van der Waals surface area contributed by atoms with E-state index in [-0.39, 0.29) is 19.1 Å². The highest BCUT2D eigenvalue weighted by atomic mass is 16.5. The number of hydrazone groups is 1. The second-order valence-corrected chi connectivity index (χ2v) is 7.01. The van der Waals surface area contributed by atoms with Crippen molar-refractivity contribution in [2.24, 2.45) is 5.10 Å². The molecule has 0 aliphatic carbocycles. The quantitative estimate of drug-likeness (QED) is 0.547. The number of benzene rings is 3. The zero-order valence-corrected chi connectivity index (χ0v) is 16.9. The Morgan fingerprint density at radius 3 is 2.32 bits per heavy atom. The van der Waals surface area contributed by atoms with Gasteiger partial charge >= 0.3 is 5.97 Å². The molecule has 31 heavy (non-hydrogen) atoms. The zero-order valence-electron chi connectivity index (χ0n) is 16.9. The Balaban J connectivity index is 1.35. The van der Waals surface area contributed by atoms with Gasteiger partial charge in [-0.3, -0.25) is 4.79 Å². The molecule has 4 rings (SSSR count). The molecule has 1 heterocycles. The lowest BCUT2D eigenvalue weighted by molar-refractivity contribution is -0.134. The Bertz CT molecular complexity index is 1080. The number of carbonyl (C=O) groups is 2. The minimum absolute atomic E-state index is 0.222. The van der Waals surface area contributed by atoms with Crippen LogP contribution >= 0.6 is 0 Å². The van der Waals surface area contributed by atoms with Crippen LogP contribution in [-0.4, -0.2) is 35.7 Å². The molecule has 0 unspecified atom stereocenters. The molecule has 1 aliphatic heterocycles. The number of esters is 1. The molecular weight excluding hydrogens is 392 g/mol. The molecule has 0 aromatic heterocycles. The first-order valence-corrected chi connectivity index (χ1v) is 10.1. The third-order valence-corrected chi connectivity index (χ3v) is 4.90. The molecule has 0 saturated carbocycles. The van der Waals surface area contributed by atoms with Crippen molar-refractivity contribution in [3.05, 3.63) is 102 Å². The molecule has 6 nitrogen and oxygen atoms in total. The van der Waals surface area contributed by atoms with E-state index < -0.39 is 5.97 Å². The van der Waals surface area contributed by atoms with Crippen LogP contribution in [0.1, 0.15) is 27.9 Å². The molecule has 0 fully saturated rings. The SMILES string of the molecule is O=C(OCC(=O)N1CCC(c2ccccc2)=N1)c1ccccc1COc1ccccc1. The van der Waals surface area contributed by atoms with Crippen LogP contribution in [-0.2, 0) is 16.1 Å². The lowest BCUT2D eigenvalue weighted by atomic mass is 10.1. The third-order valence-electron chi connectivity index (χ3n) is 4.90. The van der Waals surface area contributed by atoms with Crippen molar-refractivity contribution in [3.8, 4) is 5.75 Å². The van der Waals surface area contributed by atoms with Gasteiger partial charge in [-0.05, 0) is 23.8 Å². The number of amides is 1. The van der Waals surface area contributed by atoms with Crippen LogP contribution in [0.5, 0.6) is 5.75 Å². The first-order valence-electron chi connectivity index (χ1n) is 10.1. The monoisotopic (exact) mass is 414 g/mol. The fraction of sp³-hybridized carbons (Fsp3) is 0.160. The summed E-state index contributed by atoms with van der Waals surface area (Å²) in [6.07, 6.45) is 0.670. The molecule has 0 N–H and O–H groups in total. The number of nitrogens with zero attached hydrogens (tertiary/aromatic N) is 2. The normalized spacial score (nSPS) is 12.9. The summed E-state index contributed by atoms with van der Waals surface area (Å²) in [5.74, 6) is -0.202. The highest BCUT2D eigenvalue weighted by Crippen LogP contribution is 2.17. The average molecular weight is 414 g/mol. The van der Waals surface area contributed by atoms with Gasteiger partial charge in [0.2, 0.25) is 0 Å². The minimum atomic E-state index is -0.563. The summed E-state index contributed by atoms with van der Waals surface area (Å²) in [6.45, 7) is 0.334. The Morgan fingerprint density at radius 2 is 1.55 bits per heavy atom. The first-order chi connectivity index (χ1) is 15.2. The summed E-state index contributed by atoms with van der Waals surface area (Å²) in [6, 6.07) is 26.1. The number of para-hydroxylation sites is 1. The fourth-order valence-electron chi connectivity index (χ4n) is 3.27. The Morgan fingerprint density at radius 1 is 0.871 bits per heavy atom. The highest BCUT2D eigenvalue weighted by molar-refractivity contribution is 6.02. The van der Waals surface area contributed by atoms with Gasteiger partial charge in [0.15, 0.2) is 6.61 Å². The van der Waals surface area contributed by atoms with Gasteiger partial charge in [-0.2, -0.15) is 5.10 Å². The van der Waals surface area contributed by atoms with E-state index in [2.05, 4.69) is 5.10 Å². The van der Waals surface area contributed by atoms with E-state index in [1.54, 1.807) is 18.2 Å². The van der Waals surface area contributed by atoms with Crippen LogP contribution in [0.2, 0.25) is 0 Å². The number of carbonyl (C=O) groups excluding carboxylic acids is 2. The van der Waals surface area contributed by atoms with Gasteiger partial charge in [0.25, 0.3) is 5.91 Å². The van der Waals surface area contributed by atoms with Crippen LogP contribution in [0.3, 0.4) is 0 Å². The van der Waals surface area contributed by atoms with E-state index in [4.69, 9.17) is 9.47 Å². The van der Waals surface area contributed by atoms with Gasteiger partial charge in [0.1, 0.15) is 12.4 Å². The van der Waals surface area contributed by atoms with E-state index >= 15 is 0 Å². The van der Waals surface area contributed by atoms with Crippen LogP contribution in [0, 0.1) is 0 Å². The molecule has 0 radical (unpaired) electrons. The van der Waals surface area contributed by atoms with Crippen molar-refractivity contribution in [1.29, 1.82) is 0 Å². The molecule has 1 amide bonds. The van der Waals surface area contributed by atoms with Gasteiger partial charge in [-0.25, -0.2) is 9.80 Å². The van der Waals surface area contributed by atoms with Crippen molar-refractivity contribution in [3.63, 3.8) is 0 Å². The zero-order chi connectivity index (χ0) is 21.5. The van der Waals surface area contributed by atoms with Gasteiger partial charge in [-0.15, -0.1) is 0 Å². The van der Waals surface area contributed by atoms with E-state index in [0.717, 1.165) is 11.3 Å². The summed E-state index contributed by atoms with van der Waals surface area (Å²) < 4.78 is 11.0. The summed E-state index contributed by atoms with van der Waals surface area (Å²) >= 11 is 0. The average Bonchev–Trinajstić information content (AvgIpc) is 3.33. The maximum Gasteiger partial charge on any atom is 0.339 e. The molecule has 3 aromatic carbocycles. The first kappa shape index (κ1) is 20.3. The Hall–Kier alpha value is -3.93. The fourth-order valence-corrected chi connectivity index (χ4v) is 3.27. The maximum absolute atomic E-state index is 12.6. The van der Waals surface area contributed by atoms with Crippen molar-refractivity contribution in [2.75, 3.05) is 13.2 Å². The summed E-state index contributed by atoms with van der Waals surface area (Å²) in [5.41, 5.74) is 2.90. The van der Waals surface area contributed by atoms with Gasteiger partial charge in [0, 0.05) is 12.0 Å². The second kappa shape index (κ2) is 9.71. The van der Waals surface area contributed by atoms with Crippen molar-refractivity contribution < 1.29 is 19.1 Å². The molecule has 0 atom stereocenters. The van der Waals surface area contributed by atoms with Crippen LogP contribution < -0.4 is 4.74 Å². The molecule has 156 valence electrons. The van der Waals surface area contributed by atoms with Gasteiger partial charge in [-0.1, -0.05) is 66.7 Å². The van der Waals surface area contributed by atoms with Crippen molar-refractivity contribution >= 4 is 17.6 Å². The molecule has 1 aliphatic rings. The summed E-state index contributed by atoms with van der Waals surface area (Å²) in [7, 11) is 0. The van der Waals surface area contributed by atoms with E-state index in [0.29, 0.717) is 29.8 Å². The Kier molecular flexibility index (Phi) is 6.38. The Labute approximate surface area is 180 Å². The predicted molar refractivity (Wildman–Crippen MR) is 117 cm³/mol. The number of hydrogen-bond donors (Lipinski definition) is 0. The molecule has 6 heteroatoms. The smallest absolute Gasteiger partial charge is 0.339 e. The summed E-state index contributed by atoms with van der Waals surface area (Å²) in [5, 5.41) is 5.74. The third kappa shape index (κ3) is 5.17. The van der Waals surface area contributed by atoms with Crippen molar-refractivity contribution in [2.45, 2.75) is 13.0 Å². The molecule has 0 spiro atoms.